The quantitative estimate of drug-likeness (QED) is 0.826. The lowest BCUT2D eigenvalue weighted by atomic mass is 10.3. The number of fused-ring (bicyclic) bond motifs is 1. The van der Waals surface area contributed by atoms with Gasteiger partial charge in [0.25, 0.3) is 0 Å². The minimum atomic E-state index is 0.816. The van der Waals surface area contributed by atoms with Crippen LogP contribution in [0.5, 0.6) is 0 Å². The molecule has 1 saturated heterocycles. The van der Waals surface area contributed by atoms with Crippen LogP contribution in [-0.4, -0.2) is 58.0 Å². The first-order valence-electron chi connectivity index (χ1n) is 6.02. The predicted molar refractivity (Wildman–Crippen MR) is 66.7 cm³/mol. The normalized spacial score (nSPS) is 18.9. The molecule has 2 aromatic rings. The molecule has 1 N–H and O–H groups in total. The Kier molecular flexibility index (Phi) is 2.78. The van der Waals surface area contributed by atoms with Crippen molar-refractivity contribution in [3.05, 3.63) is 24.2 Å². The van der Waals surface area contributed by atoms with Gasteiger partial charge < -0.3 is 9.88 Å². The van der Waals surface area contributed by atoms with E-state index in [2.05, 4.69) is 31.8 Å². The van der Waals surface area contributed by atoms with Gasteiger partial charge in [0.1, 0.15) is 5.82 Å². The summed E-state index contributed by atoms with van der Waals surface area (Å²) in [4.78, 5) is 16.9. The van der Waals surface area contributed by atoms with E-state index in [-0.39, 0.29) is 0 Å². The third-order valence-electron chi connectivity index (χ3n) is 3.28. The summed E-state index contributed by atoms with van der Waals surface area (Å²) in [7, 11) is 2.17. The zero-order chi connectivity index (χ0) is 11.7. The molecule has 0 bridgehead atoms. The lowest BCUT2D eigenvalue weighted by Crippen LogP contribution is -2.44. The molecule has 3 rings (SSSR count). The lowest BCUT2D eigenvalue weighted by Gasteiger charge is -2.31. The van der Waals surface area contributed by atoms with Gasteiger partial charge in [0.05, 0.1) is 12.1 Å². The first-order chi connectivity index (χ1) is 8.31. The molecule has 1 aliphatic heterocycles. The predicted octanol–water partition coefficient (Wildman–Crippen LogP) is 0.705. The Bertz CT molecular complexity index is 465. The Morgan fingerprint density at radius 1 is 1.29 bits per heavy atom. The Hall–Kier alpha value is -1.46. The molecule has 0 aromatic carbocycles. The van der Waals surface area contributed by atoms with Crippen LogP contribution < -0.4 is 0 Å². The van der Waals surface area contributed by atoms with Crippen molar-refractivity contribution in [2.24, 2.45) is 0 Å². The number of likely N-dealkylation sites (N-methyl/N-ethyl adjacent to an activating group) is 1. The first kappa shape index (κ1) is 10.7. The number of aromatic nitrogens is 3. The zero-order valence-corrected chi connectivity index (χ0v) is 10.1. The number of piperazine rings is 1. The second-order valence-corrected chi connectivity index (χ2v) is 4.64. The Balaban J connectivity index is 1.72. The molecule has 0 aliphatic carbocycles. The highest BCUT2D eigenvalue weighted by atomic mass is 15.3. The van der Waals surface area contributed by atoms with Gasteiger partial charge in [-0.25, -0.2) is 9.97 Å². The molecule has 0 radical (unpaired) electrons. The van der Waals surface area contributed by atoms with Crippen LogP contribution in [0.15, 0.2) is 18.3 Å². The molecule has 17 heavy (non-hydrogen) atoms. The first-order valence-corrected chi connectivity index (χ1v) is 6.02. The van der Waals surface area contributed by atoms with Crippen molar-refractivity contribution in [1.82, 2.24) is 24.8 Å². The van der Waals surface area contributed by atoms with E-state index in [1.54, 1.807) is 6.20 Å². The van der Waals surface area contributed by atoms with Gasteiger partial charge in [0.2, 0.25) is 0 Å². The van der Waals surface area contributed by atoms with Crippen LogP contribution >= 0.6 is 0 Å². The molecule has 90 valence electrons. The maximum atomic E-state index is 4.50. The van der Waals surface area contributed by atoms with Gasteiger partial charge in [-0.2, -0.15) is 0 Å². The number of nitrogens with one attached hydrogen (secondary N) is 1. The van der Waals surface area contributed by atoms with Gasteiger partial charge in [-0.3, -0.25) is 4.90 Å². The highest BCUT2D eigenvalue weighted by Crippen LogP contribution is 2.10. The zero-order valence-electron chi connectivity index (χ0n) is 10.1. The average Bonchev–Trinajstić information content (AvgIpc) is 2.74. The average molecular weight is 231 g/mol. The van der Waals surface area contributed by atoms with Crippen LogP contribution in [0.3, 0.4) is 0 Å². The van der Waals surface area contributed by atoms with Gasteiger partial charge in [0.15, 0.2) is 5.65 Å². The third-order valence-corrected chi connectivity index (χ3v) is 3.28. The molecule has 5 nitrogen and oxygen atoms in total. The summed E-state index contributed by atoms with van der Waals surface area (Å²) in [5.74, 6) is 1.02. The highest BCUT2D eigenvalue weighted by molar-refractivity contribution is 5.69. The van der Waals surface area contributed by atoms with Crippen molar-refractivity contribution in [1.29, 1.82) is 0 Å². The number of pyridine rings is 1. The number of imidazole rings is 1. The molecule has 0 saturated carbocycles. The van der Waals surface area contributed by atoms with Crippen LogP contribution in [0, 0.1) is 0 Å². The summed E-state index contributed by atoms with van der Waals surface area (Å²) in [5, 5.41) is 0. The van der Waals surface area contributed by atoms with Crippen molar-refractivity contribution in [3.8, 4) is 0 Å². The summed E-state index contributed by atoms with van der Waals surface area (Å²) in [6, 6.07) is 3.95. The third kappa shape index (κ3) is 2.30. The van der Waals surface area contributed by atoms with E-state index in [1.165, 1.54) is 0 Å². The fraction of sp³-hybridized carbons (Fsp3) is 0.500. The maximum Gasteiger partial charge on any atom is 0.177 e. The van der Waals surface area contributed by atoms with Crippen LogP contribution in [0.25, 0.3) is 11.2 Å². The van der Waals surface area contributed by atoms with E-state index in [0.717, 1.165) is 49.7 Å². The SMILES string of the molecule is CN1CCN(Cc2nc3ncccc3[nH]2)CC1. The van der Waals surface area contributed by atoms with Crippen molar-refractivity contribution in [2.75, 3.05) is 33.2 Å². The van der Waals surface area contributed by atoms with E-state index in [1.807, 2.05) is 12.1 Å². The smallest absolute Gasteiger partial charge is 0.177 e. The van der Waals surface area contributed by atoms with E-state index in [4.69, 9.17) is 0 Å². The largest absolute Gasteiger partial charge is 0.340 e. The molecule has 1 aliphatic rings. The molecule has 0 atom stereocenters. The van der Waals surface area contributed by atoms with Crippen LogP contribution in [0.4, 0.5) is 0 Å². The fourth-order valence-electron chi connectivity index (χ4n) is 2.19. The fourth-order valence-corrected chi connectivity index (χ4v) is 2.19. The molecular formula is C12H17N5. The van der Waals surface area contributed by atoms with Gasteiger partial charge in [-0.1, -0.05) is 0 Å². The Labute approximate surface area is 100 Å². The summed E-state index contributed by atoms with van der Waals surface area (Å²) < 4.78 is 0. The van der Waals surface area contributed by atoms with Crippen molar-refractivity contribution in [2.45, 2.75) is 6.54 Å². The summed E-state index contributed by atoms with van der Waals surface area (Å²) in [5.41, 5.74) is 1.84. The minimum Gasteiger partial charge on any atom is -0.340 e. The maximum absolute atomic E-state index is 4.50. The van der Waals surface area contributed by atoms with Gasteiger partial charge >= 0.3 is 0 Å². The monoisotopic (exact) mass is 231 g/mol. The summed E-state index contributed by atoms with van der Waals surface area (Å²) >= 11 is 0. The number of aromatic amines is 1. The van der Waals surface area contributed by atoms with Crippen molar-refractivity contribution in [3.63, 3.8) is 0 Å². The van der Waals surface area contributed by atoms with Crippen molar-refractivity contribution < 1.29 is 0 Å². The lowest BCUT2D eigenvalue weighted by molar-refractivity contribution is 0.146. The molecule has 5 heteroatoms. The van der Waals surface area contributed by atoms with E-state index >= 15 is 0 Å². The summed E-state index contributed by atoms with van der Waals surface area (Å²) in [6.45, 7) is 5.39. The molecule has 0 spiro atoms. The number of hydrogen-bond donors (Lipinski definition) is 1. The van der Waals surface area contributed by atoms with Crippen molar-refractivity contribution >= 4 is 11.2 Å². The number of hydrogen-bond acceptors (Lipinski definition) is 4. The molecule has 2 aromatic heterocycles. The molecular weight excluding hydrogens is 214 g/mol. The van der Waals surface area contributed by atoms with Gasteiger partial charge in [-0.05, 0) is 19.2 Å². The molecule has 0 unspecified atom stereocenters. The van der Waals surface area contributed by atoms with Crippen LogP contribution in [0.1, 0.15) is 5.82 Å². The Morgan fingerprint density at radius 3 is 2.88 bits per heavy atom. The minimum absolute atomic E-state index is 0.816. The number of rotatable bonds is 2. The molecule has 0 amide bonds. The second-order valence-electron chi connectivity index (χ2n) is 4.64. The van der Waals surface area contributed by atoms with E-state index < -0.39 is 0 Å². The highest BCUT2D eigenvalue weighted by Gasteiger charge is 2.15. The number of H-pyrrole nitrogens is 1. The summed E-state index contributed by atoms with van der Waals surface area (Å²) in [6.07, 6.45) is 1.78. The van der Waals surface area contributed by atoms with Gasteiger partial charge in [0, 0.05) is 32.4 Å². The van der Waals surface area contributed by atoms with E-state index in [0.29, 0.717) is 0 Å². The Morgan fingerprint density at radius 2 is 2.12 bits per heavy atom. The van der Waals surface area contributed by atoms with Crippen LogP contribution in [-0.2, 0) is 6.54 Å². The van der Waals surface area contributed by atoms with E-state index in [9.17, 15) is 0 Å². The second kappa shape index (κ2) is 4.43. The van der Waals surface area contributed by atoms with Gasteiger partial charge in [-0.15, -0.1) is 0 Å². The standard InChI is InChI=1S/C12H17N5/c1-16-5-7-17(8-6-16)9-11-14-10-3-2-4-13-12(10)15-11/h2-4H,5-9H2,1H3,(H,13,14,15). The molecule has 1 fully saturated rings. The van der Waals surface area contributed by atoms with Crippen LogP contribution in [0.2, 0.25) is 0 Å². The number of nitrogens with zero attached hydrogens (tertiary/aromatic N) is 4. The topological polar surface area (TPSA) is 48.1 Å². The molecule has 3 heterocycles.